The molecule has 1 heterocycles. The zero-order valence-corrected chi connectivity index (χ0v) is 12.3. The van der Waals surface area contributed by atoms with E-state index in [1.807, 2.05) is 18.3 Å². The van der Waals surface area contributed by atoms with Crippen molar-refractivity contribution in [3.05, 3.63) is 77.5 Å². The first-order valence-electron chi connectivity index (χ1n) is 7.44. The molecule has 2 aromatic carbocycles. The molecule has 0 saturated heterocycles. The van der Waals surface area contributed by atoms with E-state index in [1.165, 1.54) is 11.1 Å². The monoisotopic (exact) mass is 276 g/mol. The highest BCUT2D eigenvalue weighted by Crippen LogP contribution is 2.21. The molecule has 1 aromatic heterocycles. The summed E-state index contributed by atoms with van der Waals surface area (Å²) in [4.78, 5) is 4.34. The summed E-state index contributed by atoms with van der Waals surface area (Å²) in [5, 5.41) is 1.15. The van der Waals surface area contributed by atoms with Gasteiger partial charge in [0.2, 0.25) is 0 Å². The minimum atomic E-state index is 0.0158. The number of fused-ring (bicyclic) bond motifs is 1. The van der Waals surface area contributed by atoms with Gasteiger partial charge >= 0.3 is 0 Å². The van der Waals surface area contributed by atoms with Crippen LogP contribution in [0.5, 0.6) is 0 Å². The maximum Gasteiger partial charge on any atom is 0.0702 e. The van der Waals surface area contributed by atoms with Crippen LogP contribution in [0.4, 0.5) is 0 Å². The van der Waals surface area contributed by atoms with E-state index in [4.69, 9.17) is 5.73 Å². The molecule has 0 aliphatic carbocycles. The SMILES string of the molecule is CCc1ccc(CC(N)c2ccc3ncccc3c2)cc1. The van der Waals surface area contributed by atoms with E-state index >= 15 is 0 Å². The normalized spacial score (nSPS) is 12.5. The molecular formula is C19H20N2. The molecule has 0 radical (unpaired) electrons. The lowest BCUT2D eigenvalue weighted by Crippen LogP contribution is -2.13. The maximum atomic E-state index is 6.37. The van der Waals surface area contributed by atoms with Gasteiger partial charge in [-0.25, -0.2) is 0 Å². The number of rotatable bonds is 4. The van der Waals surface area contributed by atoms with Gasteiger partial charge in [0.15, 0.2) is 0 Å². The Morgan fingerprint density at radius 2 is 1.76 bits per heavy atom. The van der Waals surface area contributed by atoms with Gasteiger partial charge in [0, 0.05) is 17.6 Å². The fourth-order valence-corrected chi connectivity index (χ4v) is 2.61. The van der Waals surface area contributed by atoms with Crippen molar-refractivity contribution < 1.29 is 0 Å². The topological polar surface area (TPSA) is 38.9 Å². The number of benzene rings is 2. The average molecular weight is 276 g/mol. The molecule has 0 bridgehead atoms. The first kappa shape index (κ1) is 13.8. The molecule has 0 amide bonds. The molecule has 2 N–H and O–H groups in total. The van der Waals surface area contributed by atoms with Crippen molar-refractivity contribution in [1.29, 1.82) is 0 Å². The Balaban J connectivity index is 1.80. The summed E-state index contributed by atoms with van der Waals surface area (Å²) in [6.45, 7) is 2.17. The van der Waals surface area contributed by atoms with Crippen LogP contribution >= 0.6 is 0 Å². The molecule has 0 aliphatic rings. The van der Waals surface area contributed by atoms with E-state index in [1.54, 1.807) is 0 Å². The Labute approximate surface area is 125 Å². The van der Waals surface area contributed by atoms with E-state index in [0.717, 1.165) is 29.3 Å². The van der Waals surface area contributed by atoms with Gasteiger partial charge in [-0.05, 0) is 47.7 Å². The van der Waals surface area contributed by atoms with Crippen molar-refractivity contribution in [2.24, 2.45) is 5.73 Å². The maximum absolute atomic E-state index is 6.37. The van der Waals surface area contributed by atoms with Gasteiger partial charge in [0.25, 0.3) is 0 Å². The predicted molar refractivity (Wildman–Crippen MR) is 88.2 cm³/mol. The van der Waals surface area contributed by atoms with Gasteiger partial charge in [-0.3, -0.25) is 4.98 Å². The minimum absolute atomic E-state index is 0.0158. The lowest BCUT2D eigenvalue weighted by atomic mass is 9.97. The molecule has 1 unspecified atom stereocenters. The largest absolute Gasteiger partial charge is 0.324 e. The van der Waals surface area contributed by atoms with Crippen molar-refractivity contribution in [2.75, 3.05) is 0 Å². The molecule has 3 aromatic rings. The molecule has 0 spiro atoms. The predicted octanol–water partition coefficient (Wildman–Crippen LogP) is 4.04. The van der Waals surface area contributed by atoms with Crippen LogP contribution in [0.2, 0.25) is 0 Å². The molecule has 1 atom stereocenters. The number of pyridine rings is 1. The van der Waals surface area contributed by atoms with Gasteiger partial charge in [-0.15, -0.1) is 0 Å². The fraction of sp³-hybridized carbons (Fsp3) is 0.211. The third-order valence-corrected chi connectivity index (χ3v) is 3.94. The van der Waals surface area contributed by atoms with Crippen LogP contribution in [-0.2, 0) is 12.8 Å². The molecule has 21 heavy (non-hydrogen) atoms. The van der Waals surface area contributed by atoms with E-state index in [-0.39, 0.29) is 6.04 Å². The lowest BCUT2D eigenvalue weighted by molar-refractivity contribution is 0.722. The highest BCUT2D eigenvalue weighted by atomic mass is 14.7. The molecule has 3 rings (SSSR count). The van der Waals surface area contributed by atoms with E-state index in [2.05, 4.69) is 54.4 Å². The summed E-state index contributed by atoms with van der Waals surface area (Å²) in [6, 6.07) is 19.1. The minimum Gasteiger partial charge on any atom is -0.324 e. The van der Waals surface area contributed by atoms with Crippen LogP contribution in [0.15, 0.2) is 60.8 Å². The quantitative estimate of drug-likeness (QED) is 0.781. The molecule has 2 nitrogen and oxygen atoms in total. The van der Waals surface area contributed by atoms with Crippen LogP contribution in [0.25, 0.3) is 10.9 Å². The van der Waals surface area contributed by atoms with Crippen LogP contribution in [0.3, 0.4) is 0 Å². The number of aromatic nitrogens is 1. The van der Waals surface area contributed by atoms with Crippen LogP contribution < -0.4 is 5.73 Å². The van der Waals surface area contributed by atoms with Gasteiger partial charge in [0.05, 0.1) is 5.52 Å². The summed E-state index contributed by atoms with van der Waals surface area (Å²) in [5.41, 5.74) is 11.2. The Kier molecular flexibility index (Phi) is 3.98. The summed E-state index contributed by atoms with van der Waals surface area (Å²) < 4.78 is 0. The standard InChI is InChI=1S/C19H20N2/c1-2-14-5-7-15(8-6-14)12-18(20)16-9-10-19-17(13-16)4-3-11-21-19/h3-11,13,18H,2,12,20H2,1H3. The van der Waals surface area contributed by atoms with Gasteiger partial charge in [0.1, 0.15) is 0 Å². The highest BCUT2D eigenvalue weighted by molar-refractivity contribution is 5.79. The highest BCUT2D eigenvalue weighted by Gasteiger charge is 2.08. The molecule has 2 heteroatoms. The van der Waals surface area contributed by atoms with E-state index < -0.39 is 0 Å². The first-order valence-corrected chi connectivity index (χ1v) is 7.44. The number of aryl methyl sites for hydroxylation is 1. The molecular weight excluding hydrogens is 256 g/mol. The van der Waals surface area contributed by atoms with Crippen molar-refractivity contribution in [2.45, 2.75) is 25.8 Å². The first-order chi connectivity index (χ1) is 10.3. The zero-order valence-electron chi connectivity index (χ0n) is 12.3. The van der Waals surface area contributed by atoms with Crippen LogP contribution in [-0.4, -0.2) is 4.98 Å². The van der Waals surface area contributed by atoms with E-state index in [9.17, 15) is 0 Å². The second-order valence-corrected chi connectivity index (χ2v) is 5.44. The third-order valence-electron chi connectivity index (χ3n) is 3.94. The van der Waals surface area contributed by atoms with Gasteiger partial charge in [-0.1, -0.05) is 43.3 Å². The number of hydrogen-bond donors (Lipinski definition) is 1. The summed E-state index contributed by atoms with van der Waals surface area (Å²) >= 11 is 0. The lowest BCUT2D eigenvalue weighted by Gasteiger charge is -2.13. The van der Waals surface area contributed by atoms with Crippen molar-refractivity contribution >= 4 is 10.9 Å². The number of nitrogens with zero attached hydrogens (tertiary/aromatic N) is 1. The number of nitrogens with two attached hydrogens (primary N) is 1. The van der Waals surface area contributed by atoms with Gasteiger partial charge in [-0.2, -0.15) is 0 Å². The summed E-state index contributed by atoms with van der Waals surface area (Å²) in [7, 11) is 0. The molecule has 0 aliphatic heterocycles. The van der Waals surface area contributed by atoms with Crippen molar-refractivity contribution in [3.63, 3.8) is 0 Å². The Hall–Kier alpha value is -2.19. The van der Waals surface area contributed by atoms with Crippen LogP contribution in [0.1, 0.15) is 29.7 Å². The second kappa shape index (κ2) is 6.06. The summed E-state index contributed by atoms with van der Waals surface area (Å²) in [5.74, 6) is 0. The Morgan fingerprint density at radius 3 is 2.52 bits per heavy atom. The average Bonchev–Trinajstić information content (AvgIpc) is 2.55. The number of hydrogen-bond acceptors (Lipinski definition) is 2. The van der Waals surface area contributed by atoms with Crippen molar-refractivity contribution in [1.82, 2.24) is 4.98 Å². The second-order valence-electron chi connectivity index (χ2n) is 5.44. The third kappa shape index (κ3) is 3.11. The molecule has 0 fully saturated rings. The Morgan fingerprint density at radius 1 is 1.00 bits per heavy atom. The van der Waals surface area contributed by atoms with Gasteiger partial charge < -0.3 is 5.73 Å². The molecule has 106 valence electrons. The zero-order chi connectivity index (χ0) is 14.7. The fourth-order valence-electron chi connectivity index (χ4n) is 2.61. The summed E-state index contributed by atoms with van der Waals surface area (Å²) in [6.07, 6.45) is 3.75. The van der Waals surface area contributed by atoms with Crippen molar-refractivity contribution in [3.8, 4) is 0 Å². The Bertz CT molecular complexity index is 732. The van der Waals surface area contributed by atoms with Crippen LogP contribution in [0, 0.1) is 0 Å². The smallest absolute Gasteiger partial charge is 0.0702 e. The molecule has 0 saturated carbocycles. The van der Waals surface area contributed by atoms with E-state index in [0.29, 0.717) is 0 Å².